The maximum atomic E-state index is 13.9. The van der Waals surface area contributed by atoms with E-state index in [1.807, 2.05) is 42.5 Å². The van der Waals surface area contributed by atoms with Crippen LogP contribution in [0.15, 0.2) is 66.9 Å². The smallest absolute Gasteiger partial charge is 0.310 e. The molecule has 0 bridgehead atoms. The Morgan fingerprint density at radius 3 is 2.51 bits per heavy atom. The Morgan fingerprint density at radius 1 is 0.956 bits per heavy atom. The summed E-state index contributed by atoms with van der Waals surface area (Å²) in [5.74, 6) is -2.47. The maximum Gasteiger partial charge on any atom is 0.310 e. The number of carbonyl (C=O) groups is 5. The number of cyclic esters (lactones) is 1. The molecule has 6 rings (SSSR count). The predicted molar refractivity (Wildman–Crippen MR) is 165 cm³/mol. The van der Waals surface area contributed by atoms with Gasteiger partial charge in [-0.1, -0.05) is 69.5 Å². The fourth-order valence-corrected chi connectivity index (χ4v) is 5.77. The molecule has 2 aromatic carbocycles. The molecular formula is C33H39N5O7. The third-order valence-electron chi connectivity index (χ3n) is 7.91. The zero-order chi connectivity index (χ0) is 29.9. The van der Waals surface area contributed by atoms with Crippen LogP contribution in [0.2, 0.25) is 0 Å². The summed E-state index contributed by atoms with van der Waals surface area (Å²) >= 11 is 0. The van der Waals surface area contributed by atoms with Crippen LogP contribution in [0.3, 0.4) is 0 Å². The minimum Gasteiger partial charge on any atom is -0.433 e. The Balaban J connectivity index is 0.00000230. The lowest BCUT2D eigenvalue weighted by Crippen LogP contribution is -2.64. The van der Waals surface area contributed by atoms with Gasteiger partial charge in [0.1, 0.15) is 23.8 Å². The van der Waals surface area contributed by atoms with Crippen molar-refractivity contribution in [2.75, 3.05) is 6.54 Å². The van der Waals surface area contributed by atoms with E-state index in [0.717, 1.165) is 10.9 Å². The molecule has 2 N–H and O–H groups in total. The molecule has 0 spiro atoms. The number of rotatable bonds is 7. The molecule has 0 saturated carbocycles. The Morgan fingerprint density at radius 2 is 1.71 bits per heavy atom. The topological polar surface area (TPSA) is 147 Å². The second-order valence-electron chi connectivity index (χ2n) is 10.8. The van der Waals surface area contributed by atoms with Gasteiger partial charge in [-0.15, -0.1) is 0 Å². The van der Waals surface area contributed by atoms with Crippen molar-refractivity contribution in [1.82, 2.24) is 25.6 Å². The maximum absolute atomic E-state index is 13.9. The van der Waals surface area contributed by atoms with Gasteiger partial charge in [0.2, 0.25) is 18.1 Å². The number of fused-ring (bicyclic) bond motifs is 2. The van der Waals surface area contributed by atoms with Gasteiger partial charge in [0.25, 0.3) is 11.8 Å². The Labute approximate surface area is 262 Å². The van der Waals surface area contributed by atoms with Gasteiger partial charge in [-0.3, -0.25) is 34.0 Å². The molecule has 3 saturated heterocycles. The monoisotopic (exact) mass is 617 g/mol. The van der Waals surface area contributed by atoms with Crippen LogP contribution in [0.25, 0.3) is 10.8 Å². The molecule has 0 aliphatic carbocycles. The third-order valence-corrected chi connectivity index (χ3v) is 7.91. The van der Waals surface area contributed by atoms with Crippen molar-refractivity contribution < 1.29 is 33.4 Å². The van der Waals surface area contributed by atoms with E-state index in [1.165, 1.54) is 16.2 Å². The van der Waals surface area contributed by atoms with Crippen LogP contribution < -0.4 is 10.6 Å². The summed E-state index contributed by atoms with van der Waals surface area (Å²) in [6.45, 7) is 0.447. The fourth-order valence-electron chi connectivity index (χ4n) is 5.77. The highest BCUT2D eigenvalue weighted by Gasteiger charge is 2.46. The minimum absolute atomic E-state index is 0. The number of nitrogens with zero attached hydrogens (tertiary/aromatic N) is 3. The number of hydrazine groups is 1. The largest absolute Gasteiger partial charge is 0.433 e. The molecule has 45 heavy (non-hydrogen) atoms. The van der Waals surface area contributed by atoms with Crippen LogP contribution >= 0.6 is 0 Å². The van der Waals surface area contributed by atoms with Gasteiger partial charge >= 0.3 is 5.97 Å². The second kappa shape index (κ2) is 14.3. The van der Waals surface area contributed by atoms with Gasteiger partial charge < -0.3 is 20.1 Å². The van der Waals surface area contributed by atoms with Crippen molar-refractivity contribution in [3.8, 4) is 0 Å². The zero-order valence-corrected chi connectivity index (χ0v) is 23.3. The first-order valence-electron chi connectivity index (χ1n) is 14.3. The molecule has 12 heteroatoms. The van der Waals surface area contributed by atoms with E-state index in [1.54, 1.807) is 18.2 Å². The van der Waals surface area contributed by atoms with Gasteiger partial charge in [0.05, 0.1) is 13.0 Å². The van der Waals surface area contributed by atoms with Crippen LogP contribution in [-0.4, -0.2) is 75.6 Å². The van der Waals surface area contributed by atoms with E-state index in [9.17, 15) is 24.0 Å². The molecule has 0 radical (unpaired) electrons. The number of nitrogens with one attached hydrogen (secondary N) is 2. The highest BCUT2D eigenvalue weighted by atomic mass is 16.7. The summed E-state index contributed by atoms with van der Waals surface area (Å²) in [5.41, 5.74) is 1.04. The number of hydrogen-bond donors (Lipinski definition) is 2. The van der Waals surface area contributed by atoms with Crippen LogP contribution in [0.5, 0.6) is 0 Å². The third kappa shape index (κ3) is 6.96. The summed E-state index contributed by atoms with van der Waals surface area (Å²) in [5, 5.41) is 9.51. The van der Waals surface area contributed by atoms with Crippen molar-refractivity contribution in [3.63, 3.8) is 0 Å². The summed E-state index contributed by atoms with van der Waals surface area (Å²) in [4.78, 5) is 70.3. The highest BCUT2D eigenvalue weighted by Crippen LogP contribution is 2.27. The molecule has 4 amide bonds. The number of benzene rings is 2. The van der Waals surface area contributed by atoms with E-state index >= 15 is 0 Å². The number of carbonyl (C=O) groups excluding carboxylic acids is 5. The van der Waals surface area contributed by atoms with Crippen LogP contribution in [-0.2, 0) is 35.3 Å². The highest BCUT2D eigenvalue weighted by molar-refractivity contribution is 6.07. The summed E-state index contributed by atoms with van der Waals surface area (Å²) in [7, 11) is 0. The molecule has 3 aliphatic rings. The van der Waals surface area contributed by atoms with Crippen molar-refractivity contribution in [1.29, 1.82) is 0 Å². The minimum atomic E-state index is -1.05. The molecule has 3 aliphatic heterocycles. The first-order chi connectivity index (χ1) is 20.9. The summed E-state index contributed by atoms with van der Waals surface area (Å²) in [6.07, 6.45) is 1.32. The standard InChI is InChI=1S/C31H31N5O7.2CH4/c37-25-13-12-22(33-29(40)27-21-10-5-4-9-20(21)14-15-32-27)30(41)36-24(11-6-16-35(25)36)28(39)34-23-17-26(38)43-31(23)42-18-19-7-2-1-3-8-19;;/h1-5,7-10,14-15,22-24,31H,6,11-13,16-18H2,(H,33,40)(H,34,39);2*1H4/t22-,23-,24-,31?;;/m0../s1. The molecule has 238 valence electrons. The Hall–Kier alpha value is -4.84. The normalized spacial score (nSPS) is 22.8. The second-order valence-corrected chi connectivity index (χ2v) is 10.8. The van der Waals surface area contributed by atoms with Crippen LogP contribution in [0.4, 0.5) is 0 Å². The van der Waals surface area contributed by atoms with Gasteiger partial charge in [0.15, 0.2) is 0 Å². The van der Waals surface area contributed by atoms with E-state index in [2.05, 4.69) is 15.6 Å². The number of esters is 1. The molecule has 4 atom stereocenters. The summed E-state index contributed by atoms with van der Waals surface area (Å²) < 4.78 is 11.1. The number of ether oxygens (including phenoxy) is 2. The van der Waals surface area contributed by atoms with Crippen molar-refractivity contribution in [2.45, 2.75) is 78.0 Å². The number of aromatic nitrogens is 1. The van der Waals surface area contributed by atoms with E-state index in [4.69, 9.17) is 9.47 Å². The molecule has 12 nitrogen and oxygen atoms in total. The van der Waals surface area contributed by atoms with Crippen LogP contribution in [0, 0.1) is 0 Å². The van der Waals surface area contributed by atoms with Crippen LogP contribution in [0.1, 0.15) is 63.0 Å². The first-order valence-corrected chi connectivity index (χ1v) is 14.3. The molecule has 4 heterocycles. The van der Waals surface area contributed by atoms with Gasteiger partial charge in [-0.25, -0.2) is 5.01 Å². The lowest BCUT2D eigenvalue weighted by molar-refractivity contribution is -0.177. The average Bonchev–Trinajstić information content (AvgIpc) is 3.33. The van der Waals surface area contributed by atoms with Crippen molar-refractivity contribution in [3.05, 3.63) is 78.1 Å². The number of pyridine rings is 1. The number of amides is 4. The lowest BCUT2D eigenvalue weighted by Gasteiger charge is -2.43. The number of hydrogen-bond acceptors (Lipinski definition) is 8. The first kappa shape index (κ1) is 33.1. The van der Waals surface area contributed by atoms with Gasteiger partial charge in [0, 0.05) is 24.5 Å². The molecular weight excluding hydrogens is 578 g/mol. The zero-order valence-electron chi connectivity index (χ0n) is 23.3. The molecule has 3 fully saturated rings. The molecule has 3 aromatic rings. The van der Waals surface area contributed by atoms with Gasteiger partial charge in [-0.05, 0) is 36.3 Å². The Bertz CT molecular complexity index is 1560. The SMILES string of the molecule is C.C.O=C1C[C@H](NC(=O)[C@@H]2CCCN3C(=O)CC[C@H](NC(=O)c4nccc5ccccc45)C(=O)N23)C(OCc2ccccc2)O1. The fraction of sp³-hybridized carbons (Fsp3) is 0.394. The van der Waals surface area contributed by atoms with E-state index in [-0.39, 0.29) is 58.9 Å². The van der Waals surface area contributed by atoms with Crippen molar-refractivity contribution in [2.24, 2.45) is 0 Å². The summed E-state index contributed by atoms with van der Waals surface area (Å²) in [6, 6.07) is 15.6. The average molecular weight is 618 g/mol. The Kier molecular flexibility index (Phi) is 10.5. The molecule has 1 aromatic heterocycles. The molecule has 1 unspecified atom stereocenters. The van der Waals surface area contributed by atoms with Crippen molar-refractivity contribution >= 4 is 40.4 Å². The van der Waals surface area contributed by atoms with E-state index in [0.29, 0.717) is 18.2 Å². The lowest BCUT2D eigenvalue weighted by atomic mass is 10.0. The quantitative estimate of drug-likeness (QED) is 0.385. The van der Waals surface area contributed by atoms with E-state index < -0.39 is 48.1 Å². The van der Waals surface area contributed by atoms with Gasteiger partial charge in [-0.2, -0.15) is 0 Å². The predicted octanol–water partition coefficient (Wildman–Crippen LogP) is 3.11.